The number of hydrogen-bond donors (Lipinski definition) is 4. The van der Waals surface area contributed by atoms with Gasteiger partial charge in [-0.05, 0) is 57.6 Å². The van der Waals surface area contributed by atoms with Crippen LogP contribution in [-0.4, -0.2) is 26.7 Å². The first-order chi connectivity index (χ1) is 11.1. The molecule has 0 saturated carbocycles. The van der Waals surface area contributed by atoms with Crippen LogP contribution in [0.1, 0.15) is 38.7 Å². The third-order valence-electron chi connectivity index (χ3n) is 3.21. The fourth-order valence-electron chi connectivity index (χ4n) is 2.05. The van der Waals surface area contributed by atoms with Gasteiger partial charge in [0.1, 0.15) is 0 Å². The van der Waals surface area contributed by atoms with Gasteiger partial charge in [-0.15, -0.1) is 0 Å². The van der Waals surface area contributed by atoms with Gasteiger partial charge in [-0.1, -0.05) is 32.4 Å². The number of nitrogens with two attached hydrogens (primary N) is 2. The van der Waals surface area contributed by atoms with Gasteiger partial charge in [0, 0.05) is 18.4 Å². The van der Waals surface area contributed by atoms with Crippen molar-refractivity contribution in [3.63, 3.8) is 0 Å². The first-order valence-corrected chi connectivity index (χ1v) is 8.55. The van der Waals surface area contributed by atoms with E-state index in [0.29, 0.717) is 6.54 Å². The molecule has 0 aliphatic heterocycles. The summed E-state index contributed by atoms with van der Waals surface area (Å²) < 4.78 is 0. The standard InChI is InChI=1S/C16H29N5.C2H6/c1-14-7-6-8-16(11-14)21(18)13-15(17)12-20-10-5-3-4-9-19-2;1-2/h6-8,11,13,19-20H,3-5,9-10,12,17-18H2,1-2H3;1-2H3/b15-13-;. The van der Waals surface area contributed by atoms with E-state index in [1.54, 1.807) is 11.2 Å². The molecule has 0 saturated heterocycles. The normalized spacial score (nSPS) is 10.9. The number of hydrogen-bond acceptors (Lipinski definition) is 5. The van der Waals surface area contributed by atoms with Crippen molar-refractivity contribution in [1.29, 1.82) is 0 Å². The van der Waals surface area contributed by atoms with Gasteiger partial charge >= 0.3 is 0 Å². The molecule has 0 spiro atoms. The maximum atomic E-state index is 5.99. The Labute approximate surface area is 142 Å². The molecule has 0 heterocycles. The lowest BCUT2D eigenvalue weighted by Crippen LogP contribution is -2.29. The minimum absolute atomic E-state index is 0.658. The zero-order valence-electron chi connectivity index (χ0n) is 15.2. The summed E-state index contributed by atoms with van der Waals surface area (Å²) in [4.78, 5) is 0. The second-order valence-electron chi connectivity index (χ2n) is 5.29. The molecular formula is C18H35N5. The van der Waals surface area contributed by atoms with Crippen LogP contribution >= 0.6 is 0 Å². The van der Waals surface area contributed by atoms with Crippen LogP contribution in [0.15, 0.2) is 36.2 Å². The third-order valence-corrected chi connectivity index (χ3v) is 3.21. The predicted molar refractivity (Wildman–Crippen MR) is 102 cm³/mol. The highest BCUT2D eigenvalue weighted by atomic mass is 15.4. The fraction of sp³-hybridized carbons (Fsp3) is 0.556. The van der Waals surface area contributed by atoms with Crippen LogP contribution < -0.4 is 27.2 Å². The molecule has 1 aromatic carbocycles. The summed E-state index contributed by atoms with van der Waals surface area (Å²) in [6.45, 7) is 8.76. The lowest BCUT2D eigenvalue weighted by molar-refractivity contribution is 0.603. The molecule has 6 N–H and O–H groups in total. The molecule has 1 aromatic rings. The minimum Gasteiger partial charge on any atom is -0.400 e. The van der Waals surface area contributed by atoms with E-state index < -0.39 is 0 Å². The van der Waals surface area contributed by atoms with Gasteiger partial charge in [-0.3, -0.25) is 5.01 Å². The average molecular weight is 322 g/mol. The van der Waals surface area contributed by atoms with Crippen molar-refractivity contribution in [2.24, 2.45) is 11.6 Å². The van der Waals surface area contributed by atoms with Gasteiger partial charge in [-0.2, -0.15) is 0 Å². The number of anilines is 1. The van der Waals surface area contributed by atoms with E-state index in [4.69, 9.17) is 11.6 Å². The summed E-state index contributed by atoms with van der Waals surface area (Å²) in [5.41, 5.74) is 8.82. The summed E-state index contributed by atoms with van der Waals surface area (Å²) in [7, 11) is 1.98. The fourth-order valence-corrected chi connectivity index (χ4v) is 2.05. The molecule has 5 heteroatoms. The highest BCUT2D eigenvalue weighted by Crippen LogP contribution is 2.13. The maximum absolute atomic E-state index is 5.99. The highest BCUT2D eigenvalue weighted by Gasteiger charge is 2.00. The first kappa shape index (κ1) is 21.4. The van der Waals surface area contributed by atoms with Gasteiger partial charge in [0.25, 0.3) is 0 Å². The summed E-state index contributed by atoms with van der Waals surface area (Å²) in [6.07, 6.45) is 5.37. The molecule has 0 bridgehead atoms. The van der Waals surface area contributed by atoms with Crippen molar-refractivity contribution >= 4 is 5.69 Å². The molecule has 0 aliphatic rings. The lowest BCUT2D eigenvalue weighted by atomic mass is 10.2. The summed E-state index contributed by atoms with van der Waals surface area (Å²) in [5, 5.41) is 8.05. The Kier molecular flexibility index (Phi) is 13.1. The molecule has 0 radical (unpaired) electrons. The van der Waals surface area contributed by atoms with Crippen molar-refractivity contribution in [1.82, 2.24) is 10.6 Å². The van der Waals surface area contributed by atoms with E-state index in [-0.39, 0.29) is 0 Å². The van der Waals surface area contributed by atoms with E-state index in [9.17, 15) is 0 Å². The van der Waals surface area contributed by atoms with Gasteiger partial charge < -0.3 is 16.4 Å². The van der Waals surface area contributed by atoms with Crippen LogP contribution in [0.25, 0.3) is 0 Å². The second-order valence-corrected chi connectivity index (χ2v) is 5.29. The quantitative estimate of drug-likeness (QED) is 0.302. The number of rotatable bonds is 10. The van der Waals surface area contributed by atoms with Crippen molar-refractivity contribution in [2.75, 3.05) is 31.7 Å². The van der Waals surface area contributed by atoms with E-state index in [0.717, 1.165) is 24.5 Å². The molecule has 0 aliphatic carbocycles. The van der Waals surface area contributed by atoms with E-state index >= 15 is 0 Å². The van der Waals surface area contributed by atoms with Crippen LogP contribution in [0.4, 0.5) is 5.69 Å². The van der Waals surface area contributed by atoms with E-state index in [2.05, 4.69) is 10.6 Å². The largest absolute Gasteiger partial charge is 0.400 e. The van der Waals surface area contributed by atoms with Gasteiger partial charge in [0.2, 0.25) is 0 Å². The van der Waals surface area contributed by atoms with Crippen LogP contribution in [-0.2, 0) is 0 Å². The van der Waals surface area contributed by atoms with Crippen LogP contribution in [0.5, 0.6) is 0 Å². The Morgan fingerprint density at radius 2 is 1.87 bits per heavy atom. The van der Waals surface area contributed by atoms with E-state index in [1.165, 1.54) is 24.8 Å². The zero-order chi connectivity index (χ0) is 17.5. The first-order valence-electron chi connectivity index (χ1n) is 8.55. The van der Waals surface area contributed by atoms with Crippen molar-refractivity contribution < 1.29 is 0 Å². The Hall–Kier alpha value is -1.56. The van der Waals surface area contributed by atoms with Crippen molar-refractivity contribution in [3.8, 4) is 0 Å². The van der Waals surface area contributed by atoms with Gasteiger partial charge in [0.05, 0.1) is 5.69 Å². The van der Waals surface area contributed by atoms with E-state index in [1.807, 2.05) is 52.1 Å². The van der Waals surface area contributed by atoms with Gasteiger partial charge in [0.15, 0.2) is 0 Å². The molecule has 5 nitrogen and oxygen atoms in total. The number of unbranched alkanes of at least 4 members (excludes halogenated alkanes) is 2. The molecule has 132 valence electrons. The Bertz CT molecular complexity index is 431. The van der Waals surface area contributed by atoms with Crippen molar-refractivity contribution in [2.45, 2.75) is 40.0 Å². The lowest BCUT2D eigenvalue weighted by Gasteiger charge is -2.16. The second kappa shape index (κ2) is 14.1. The summed E-state index contributed by atoms with van der Waals surface area (Å²) in [6, 6.07) is 8.02. The topological polar surface area (TPSA) is 79.3 Å². The monoisotopic (exact) mass is 321 g/mol. The predicted octanol–water partition coefficient (Wildman–Crippen LogP) is 2.48. The number of aryl methyl sites for hydroxylation is 1. The summed E-state index contributed by atoms with van der Waals surface area (Å²) >= 11 is 0. The zero-order valence-corrected chi connectivity index (χ0v) is 15.2. The van der Waals surface area contributed by atoms with Crippen molar-refractivity contribution in [3.05, 3.63) is 41.7 Å². The van der Waals surface area contributed by atoms with Gasteiger partial charge in [-0.25, -0.2) is 5.84 Å². The number of hydrazine groups is 1. The van der Waals surface area contributed by atoms with Crippen LogP contribution in [0.3, 0.4) is 0 Å². The Morgan fingerprint density at radius 3 is 2.52 bits per heavy atom. The summed E-state index contributed by atoms with van der Waals surface area (Å²) in [5.74, 6) is 5.99. The Balaban J connectivity index is 0.00000232. The Morgan fingerprint density at radius 1 is 1.17 bits per heavy atom. The molecular weight excluding hydrogens is 286 g/mol. The minimum atomic E-state index is 0.658. The average Bonchev–Trinajstić information content (AvgIpc) is 2.56. The SMILES string of the molecule is CC.CNCCCCCNC/C(N)=C/N(N)c1cccc(C)c1. The molecule has 0 unspecified atom stereocenters. The molecule has 0 aromatic heterocycles. The number of nitrogens with zero attached hydrogens (tertiary/aromatic N) is 1. The highest BCUT2D eigenvalue weighted by molar-refractivity contribution is 5.49. The molecule has 0 atom stereocenters. The maximum Gasteiger partial charge on any atom is 0.0571 e. The molecule has 0 fully saturated rings. The number of benzene rings is 1. The molecule has 23 heavy (non-hydrogen) atoms. The third kappa shape index (κ3) is 10.7. The molecule has 1 rings (SSSR count). The van der Waals surface area contributed by atoms with Crippen LogP contribution in [0, 0.1) is 6.92 Å². The molecule has 0 amide bonds. The van der Waals surface area contributed by atoms with Crippen LogP contribution in [0.2, 0.25) is 0 Å². The number of nitrogens with one attached hydrogen (secondary N) is 2. The smallest absolute Gasteiger partial charge is 0.0571 e.